The van der Waals surface area contributed by atoms with Gasteiger partial charge in [0.1, 0.15) is 16.9 Å². The molecule has 0 saturated heterocycles. The quantitative estimate of drug-likeness (QED) is 0.294. The Labute approximate surface area is 178 Å². The number of carboxylic acid groups (broad SMARTS) is 2. The van der Waals surface area contributed by atoms with Crippen LogP contribution < -0.4 is 4.74 Å². The molecule has 0 aromatic heterocycles. The second kappa shape index (κ2) is 7.90. The van der Waals surface area contributed by atoms with E-state index in [2.05, 4.69) is 0 Å². The molecule has 0 aliphatic rings. The van der Waals surface area contributed by atoms with Gasteiger partial charge >= 0.3 is 11.9 Å². The zero-order valence-corrected chi connectivity index (χ0v) is 17.8. The van der Waals surface area contributed by atoms with Crippen LogP contribution in [0.1, 0.15) is 66.5 Å². The molecule has 168 valence electrons. The minimum Gasteiger partial charge on any atom is -0.507 e. The predicted molar refractivity (Wildman–Crippen MR) is 111 cm³/mol. The van der Waals surface area contributed by atoms with E-state index in [1.54, 1.807) is 40.7 Å². The average molecular weight is 434 g/mol. The number of rotatable bonds is 6. The van der Waals surface area contributed by atoms with Crippen molar-refractivity contribution >= 4 is 11.9 Å². The van der Waals surface area contributed by atoms with E-state index < -0.39 is 51.3 Å². The van der Waals surface area contributed by atoms with Gasteiger partial charge in [-0.3, -0.25) is 0 Å². The SMILES string of the molecule is CC(C)(C)c1ccc(OCC(C)(C)c2cc(O)c(C(=O)O)c(O)c2O)c(O)c1C(=O)O. The Hall–Kier alpha value is -3.62. The van der Waals surface area contributed by atoms with Gasteiger partial charge in [0.2, 0.25) is 0 Å². The van der Waals surface area contributed by atoms with Gasteiger partial charge in [-0.2, -0.15) is 0 Å². The van der Waals surface area contributed by atoms with Crippen LogP contribution in [-0.2, 0) is 10.8 Å². The second-order valence-corrected chi connectivity index (χ2v) is 8.88. The van der Waals surface area contributed by atoms with Crippen molar-refractivity contribution in [3.63, 3.8) is 0 Å². The van der Waals surface area contributed by atoms with E-state index in [0.29, 0.717) is 5.56 Å². The van der Waals surface area contributed by atoms with E-state index in [1.165, 1.54) is 6.07 Å². The number of hydrogen-bond donors (Lipinski definition) is 6. The molecule has 2 aromatic rings. The number of phenolic OH excluding ortho intramolecular Hbond substituents is 1. The molecule has 0 unspecified atom stereocenters. The molecule has 0 heterocycles. The Balaban J connectivity index is 2.44. The number of aromatic hydroxyl groups is 4. The highest BCUT2D eigenvalue weighted by Gasteiger charge is 2.32. The summed E-state index contributed by atoms with van der Waals surface area (Å²) in [5.41, 5.74) is -2.34. The molecule has 0 radical (unpaired) electrons. The third-order valence-electron chi connectivity index (χ3n) is 4.95. The Bertz CT molecular complexity index is 1050. The summed E-state index contributed by atoms with van der Waals surface area (Å²) in [7, 11) is 0. The van der Waals surface area contributed by atoms with Gasteiger partial charge in [0.05, 0.1) is 6.61 Å². The lowest BCUT2D eigenvalue weighted by Gasteiger charge is -2.28. The molecule has 2 rings (SSSR count). The van der Waals surface area contributed by atoms with E-state index in [1.807, 2.05) is 0 Å². The number of carbonyl (C=O) groups is 2. The van der Waals surface area contributed by atoms with E-state index in [4.69, 9.17) is 9.84 Å². The zero-order chi connectivity index (χ0) is 23.9. The van der Waals surface area contributed by atoms with Crippen molar-refractivity contribution in [1.82, 2.24) is 0 Å². The molecular weight excluding hydrogens is 408 g/mol. The number of aromatic carboxylic acids is 2. The molecule has 0 aliphatic heterocycles. The molecule has 31 heavy (non-hydrogen) atoms. The third kappa shape index (κ3) is 4.45. The summed E-state index contributed by atoms with van der Waals surface area (Å²) < 4.78 is 5.62. The lowest BCUT2D eigenvalue weighted by Crippen LogP contribution is -2.27. The first-order valence-electron chi connectivity index (χ1n) is 9.33. The topological polar surface area (TPSA) is 165 Å². The lowest BCUT2D eigenvalue weighted by molar-refractivity contribution is 0.0677. The molecule has 0 fully saturated rings. The minimum absolute atomic E-state index is 0.00300. The second-order valence-electron chi connectivity index (χ2n) is 8.88. The summed E-state index contributed by atoms with van der Waals surface area (Å²) in [6, 6.07) is 3.98. The molecule has 6 N–H and O–H groups in total. The van der Waals surface area contributed by atoms with Crippen LogP contribution in [-0.4, -0.2) is 49.2 Å². The normalized spacial score (nSPS) is 11.9. The molecule has 0 amide bonds. The van der Waals surface area contributed by atoms with Gasteiger partial charge in [0.15, 0.2) is 23.0 Å². The van der Waals surface area contributed by atoms with Crippen molar-refractivity contribution in [2.75, 3.05) is 6.61 Å². The van der Waals surface area contributed by atoms with Gasteiger partial charge in [-0.15, -0.1) is 0 Å². The van der Waals surface area contributed by atoms with Gasteiger partial charge in [0.25, 0.3) is 0 Å². The summed E-state index contributed by atoms with van der Waals surface area (Å²) in [5, 5.41) is 59.4. The summed E-state index contributed by atoms with van der Waals surface area (Å²) in [4.78, 5) is 22.9. The fraction of sp³-hybridized carbons (Fsp3) is 0.364. The first-order valence-corrected chi connectivity index (χ1v) is 9.33. The van der Waals surface area contributed by atoms with E-state index in [-0.39, 0.29) is 23.5 Å². The van der Waals surface area contributed by atoms with Crippen LogP contribution in [0.15, 0.2) is 18.2 Å². The van der Waals surface area contributed by atoms with Crippen LogP contribution in [0.3, 0.4) is 0 Å². The molecule has 0 bridgehead atoms. The predicted octanol–water partition coefficient (Wildman–Crippen LogP) is 3.56. The van der Waals surface area contributed by atoms with E-state index >= 15 is 0 Å². The van der Waals surface area contributed by atoms with Crippen LogP contribution in [0.25, 0.3) is 0 Å². The van der Waals surface area contributed by atoms with Crippen LogP contribution in [0, 0.1) is 0 Å². The molecule has 2 aromatic carbocycles. The van der Waals surface area contributed by atoms with Crippen molar-refractivity contribution in [3.05, 3.63) is 40.5 Å². The van der Waals surface area contributed by atoms with Crippen molar-refractivity contribution in [1.29, 1.82) is 0 Å². The van der Waals surface area contributed by atoms with Crippen molar-refractivity contribution in [3.8, 4) is 28.7 Å². The monoisotopic (exact) mass is 434 g/mol. The van der Waals surface area contributed by atoms with E-state index in [9.17, 15) is 35.1 Å². The number of benzene rings is 2. The molecular formula is C22H26O9. The van der Waals surface area contributed by atoms with Crippen LogP contribution in [0.2, 0.25) is 0 Å². The van der Waals surface area contributed by atoms with Gasteiger partial charge in [-0.1, -0.05) is 40.7 Å². The van der Waals surface area contributed by atoms with Crippen LogP contribution >= 0.6 is 0 Å². The maximum Gasteiger partial charge on any atom is 0.343 e. The summed E-state index contributed by atoms with van der Waals surface area (Å²) in [6.45, 7) is 8.37. The Kier molecular flexibility index (Phi) is 6.03. The lowest BCUT2D eigenvalue weighted by atomic mass is 9.83. The van der Waals surface area contributed by atoms with E-state index in [0.717, 1.165) is 6.07 Å². The number of hydrogen-bond acceptors (Lipinski definition) is 7. The summed E-state index contributed by atoms with van der Waals surface area (Å²) in [6.07, 6.45) is 0. The largest absolute Gasteiger partial charge is 0.507 e. The highest BCUT2D eigenvalue weighted by atomic mass is 16.5. The maximum absolute atomic E-state index is 11.7. The Morgan fingerprint density at radius 1 is 0.806 bits per heavy atom. The number of carboxylic acids is 2. The van der Waals surface area contributed by atoms with Gasteiger partial charge in [-0.25, -0.2) is 9.59 Å². The van der Waals surface area contributed by atoms with Crippen molar-refractivity contribution < 1.29 is 45.0 Å². The summed E-state index contributed by atoms with van der Waals surface area (Å²) >= 11 is 0. The third-order valence-corrected chi connectivity index (χ3v) is 4.95. The number of phenols is 4. The van der Waals surface area contributed by atoms with Crippen molar-refractivity contribution in [2.45, 2.75) is 45.4 Å². The molecule has 9 nitrogen and oxygen atoms in total. The molecule has 0 spiro atoms. The molecule has 9 heteroatoms. The summed E-state index contributed by atoms with van der Waals surface area (Å²) in [5.74, 6) is -6.04. The first kappa shape index (κ1) is 23.7. The Morgan fingerprint density at radius 3 is 1.84 bits per heavy atom. The highest BCUT2D eigenvalue weighted by molar-refractivity contribution is 5.95. The van der Waals surface area contributed by atoms with Gasteiger partial charge in [-0.05, 0) is 23.1 Å². The molecule has 0 saturated carbocycles. The van der Waals surface area contributed by atoms with Gasteiger partial charge < -0.3 is 35.4 Å². The maximum atomic E-state index is 11.7. The smallest absolute Gasteiger partial charge is 0.343 e. The van der Waals surface area contributed by atoms with Crippen molar-refractivity contribution in [2.24, 2.45) is 0 Å². The average Bonchev–Trinajstić information content (AvgIpc) is 2.61. The highest BCUT2D eigenvalue weighted by Crippen LogP contribution is 2.44. The number of ether oxygens (including phenoxy) is 1. The molecule has 0 atom stereocenters. The molecule has 0 aliphatic carbocycles. The van der Waals surface area contributed by atoms with Gasteiger partial charge in [0, 0.05) is 11.0 Å². The minimum atomic E-state index is -1.61. The fourth-order valence-corrected chi connectivity index (χ4v) is 3.24. The standard InChI is InChI=1S/C22H26O9/c1-21(2,3)10-6-7-13(17(25)14(10)19(27)28)31-9-22(4,5)11-8-12(23)15(20(29)30)18(26)16(11)24/h6-8,23-26H,9H2,1-5H3,(H,27,28)(H,29,30). The van der Waals surface area contributed by atoms with Crippen LogP contribution in [0.5, 0.6) is 28.7 Å². The zero-order valence-electron chi connectivity index (χ0n) is 17.8. The van der Waals surface area contributed by atoms with Crippen LogP contribution in [0.4, 0.5) is 0 Å². The first-order chi connectivity index (χ1) is 14.1. The fourth-order valence-electron chi connectivity index (χ4n) is 3.24. The Morgan fingerprint density at radius 2 is 1.35 bits per heavy atom.